The second kappa shape index (κ2) is 7.38. The van der Waals surface area contributed by atoms with Crippen LogP contribution < -0.4 is 10.1 Å². The highest BCUT2D eigenvalue weighted by atomic mass is 35.5. The molecule has 7 nitrogen and oxygen atoms in total. The molecular formula is C17H15Cl2N3O4S. The van der Waals surface area contributed by atoms with Gasteiger partial charge in [0.1, 0.15) is 0 Å². The van der Waals surface area contributed by atoms with Crippen LogP contribution in [0.4, 0.5) is 5.69 Å². The zero-order valence-electron chi connectivity index (χ0n) is 14.1. The first-order chi connectivity index (χ1) is 12.7. The van der Waals surface area contributed by atoms with Gasteiger partial charge in [-0.15, -0.1) is 0 Å². The van der Waals surface area contributed by atoms with Gasteiger partial charge in [0.15, 0.2) is 0 Å². The first-order valence-corrected chi connectivity index (χ1v) is 10.1. The summed E-state index contributed by atoms with van der Waals surface area (Å²) in [6, 6.07) is 9.65. The lowest BCUT2D eigenvalue weighted by molar-refractivity contribution is -0.120. The Morgan fingerprint density at radius 3 is 2.56 bits per heavy atom. The van der Waals surface area contributed by atoms with Crippen molar-refractivity contribution in [2.24, 2.45) is 0 Å². The molecule has 142 valence electrons. The molecule has 1 saturated heterocycles. The van der Waals surface area contributed by atoms with Crippen LogP contribution >= 0.6 is 23.2 Å². The van der Waals surface area contributed by atoms with Gasteiger partial charge < -0.3 is 0 Å². The van der Waals surface area contributed by atoms with Gasteiger partial charge in [0.05, 0.1) is 27.4 Å². The molecule has 2 aromatic carbocycles. The molecule has 0 bridgehead atoms. The lowest BCUT2D eigenvalue weighted by Crippen LogP contribution is -2.42. The summed E-state index contributed by atoms with van der Waals surface area (Å²) < 4.78 is 27.5. The van der Waals surface area contributed by atoms with E-state index in [4.69, 9.17) is 23.2 Å². The lowest BCUT2D eigenvalue weighted by Gasteiger charge is -2.20. The first kappa shape index (κ1) is 19.5. The van der Waals surface area contributed by atoms with Crippen molar-refractivity contribution in [2.75, 3.05) is 4.72 Å². The summed E-state index contributed by atoms with van der Waals surface area (Å²) in [7, 11) is -3.92. The highest BCUT2D eigenvalue weighted by molar-refractivity contribution is 7.92. The molecule has 3 rings (SSSR count). The van der Waals surface area contributed by atoms with Gasteiger partial charge in [-0.1, -0.05) is 29.3 Å². The first-order valence-electron chi connectivity index (χ1n) is 7.88. The third-order valence-corrected chi connectivity index (χ3v) is 6.07. The number of hydrogen-bond donors (Lipinski definition) is 2. The molecule has 0 aliphatic carbocycles. The summed E-state index contributed by atoms with van der Waals surface area (Å²) in [5, 5.41) is 1.58. The molecule has 2 N–H and O–H groups in total. The van der Waals surface area contributed by atoms with Crippen LogP contribution in [0.25, 0.3) is 0 Å². The SMILES string of the molecule is CC1CC(=O)NN1C(=O)c1cccc(NS(=O)(=O)c2ccc(Cl)c(Cl)c2)c1. The Kier molecular flexibility index (Phi) is 5.32. The number of nitrogens with one attached hydrogen (secondary N) is 2. The molecule has 0 aromatic heterocycles. The third kappa shape index (κ3) is 4.18. The van der Waals surface area contributed by atoms with Crippen molar-refractivity contribution in [1.29, 1.82) is 0 Å². The van der Waals surface area contributed by atoms with E-state index in [9.17, 15) is 18.0 Å². The number of anilines is 1. The number of sulfonamides is 1. The van der Waals surface area contributed by atoms with Crippen molar-refractivity contribution in [3.63, 3.8) is 0 Å². The molecule has 0 spiro atoms. The standard InChI is InChI=1S/C17H15Cl2N3O4S/c1-10-7-16(23)20-22(10)17(24)11-3-2-4-12(8-11)21-27(25,26)13-5-6-14(18)15(19)9-13/h2-6,8-10,21H,7H2,1H3,(H,20,23). The van der Waals surface area contributed by atoms with Gasteiger partial charge >= 0.3 is 0 Å². The fourth-order valence-corrected chi connectivity index (χ4v) is 4.05. The van der Waals surface area contributed by atoms with Crippen LogP contribution in [0.2, 0.25) is 10.0 Å². The Balaban J connectivity index is 1.84. The Labute approximate surface area is 166 Å². The van der Waals surface area contributed by atoms with Gasteiger partial charge in [-0.25, -0.2) is 13.4 Å². The van der Waals surface area contributed by atoms with Crippen LogP contribution in [-0.2, 0) is 14.8 Å². The number of amides is 2. The van der Waals surface area contributed by atoms with Crippen molar-refractivity contribution in [2.45, 2.75) is 24.3 Å². The van der Waals surface area contributed by atoms with E-state index in [2.05, 4.69) is 10.1 Å². The second-order valence-corrected chi connectivity index (χ2v) is 8.52. The number of hydrogen-bond acceptors (Lipinski definition) is 4. The topological polar surface area (TPSA) is 95.6 Å². The molecule has 0 saturated carbocycles. The van der Waals surface area contributed by atoms with Crippen LogP contribution in [0.15, 0.2) is 47.4 Å². The van der Waals surface area contributed by atoms with E-state index in [1.807, 2.05) is 0 Å². The van der Waals surface area contributed by atoms with E-state index in [-0.39, 0.29) is 44.6 Å². The summed E-state index contributed by atoms with van der Waals surface area (Å²) >= 11 is 11.7. The molecule has 1 aliphatic heterocycles. The van der Waals surface area contributed by atoms with Crippen LogP contribution in [0.3, 0.4) is 0 Å². The zero-order chi connectivity index (χ0) is 19.8. The number of nitrogens with zero attached hydrogens (tertiary/aromatic N) is 1. The second-order valence-electron chi connectivity index (χ2n) is 6.03. The number of carbonyl (C=O) groups excluding carboxylic acids is 2. The van der Waals surface area contributed by atoms with E-state index >= 15 is 0 Å². The predicted octanol–water partition coefficient (Wildman–Crippen LogP) is 3.06. The summed E-state index contributed by atoms with van der Waals surface area (Å²) in [6.07, 6.45) is 0.218. The van der Waals surface area contributed by atoms with Gasteiger partial charge in [0.2, 0.25) is 5.91 Å². The number of halogens is 2. The van der Waals surface area contributed by atoms with Crippen LogP contribution in [0.5, 0.6) is 0 Å². The molecule has 2 amide bonds. The fraction of sp³-hybridized carbons (Fsp3) is 0.176. The van der Waals surface area contributed by atoms with E-state index in [0.29, 0.717) is 0 Å². The van der Waals surface area contributed by atoms with Crippen molar-refractivity contribution in [1.82, 2.24) is 10.4 Å². The molecule has 1 aliphatic rings. The minimum absolute atomic E-state index is 0.0611. The van der Waals surface area contributed by atoms with Gasteiger partial charge in [-0.05, 0) is 43.3 Å². The maximum Gasteiger partial charge on any atom is 0.272 e. The highest BCUT2D eigenvalue weighted by Crippen LogP contribution is 2.26. The van der Waals surface area contributed by atoms with Crippen molar-refractivity contribution in [3.05, 3.63) is 58.1 Å². The van der Waals surface area contributed by atoms with Crippen LogP contribution in [0.1, 0.15) is 23.7 Å². The molecular weight excluding hydrogens is 413 g/mol. The molecule has 1 atom stereocenters. The van der Waals surface area contributed by atoms with Crippen LogP contribution in [0, 0.1) is 0 Å². The van der Waals surface area contributed by atoms with Crippen molar-refractivity contribution in [3.8, 4) is 0 Å². The lowest BCUT2D eigenvalue weighted by atomic mass is 10.1. The Morgan fingerprint density at radius 2 is 1.93 bits per heavy atom. The third-order valence-electron chi connectivity index (χ3n) is 3.95. The zero-order valence-corrected chi connectivity index (χ0v) is 16.4. The number of hydrazine groups is 1. The Hall–Kier alpha value is -2.29. The molecule has 0 radical (unpaired) electrons. The average Bonchev–Trinajstić information content (AvgIpc) is 2.94. The van der Waals surface area contributed by atoms with Gasteiger partial charge in [0, 0.05) is 11.3 Å². The minimum Gasteiger partial charge on any atom is -0.280 e. The smallest absolute Gasteiger partial charge is 0.272 e. The Bertz CT molecular complexity index is 1030. The molecule has 1 heterocycles. The predicted molar refractivity (Wildman–Crippen MR) is 102 cm³/mol. The number of rotatable bonds is 4. The van der Waals surface area contributed by atoms with Crippen molar-refractivity contribution < 1.29 is 18.0 Å². The molecule has 1 unspecified atom stereocenters. The number of benzene rings is 2. The van der Waals surface area contributed by atoms with Gasteiger partial charge in [0.25, 0.3) is 15.9 Å². The normalized spacial score (nSPS) is 16.9. The summed E-state index contributed by atoms with van der Waals surface area (Å²) in [5.74, 6) is -0.670. The van der Waals surface area contributed by atoms with Crippen molar-refractivity contribution >= 4 is 50.7 Å². The molecule has 2 aromatic rings. The van der Waals surface area contributed by atoms with Gasteiger partial charge in [-0.3, -0.25) is 19.7 Å². The monoisotopic (exact) mass is 427 g/mol. The average molecular weight is 428 g/mol. The van der Waals surface area contributed by atoms with E-state index in [1.54, 1.807) is 13.0 Å². The molecule has 10 heteroatoms. The minimum atomic E-state index is -3.92. The largest absolute Gasteiger partial charge is 0.280 e. The maximum absolute atomic E-state index is 12.6. The summed E-state index contributed by atoms with van der Waals surface area (Å²) in [5.41, 5.74) is 2.92. The Morgan fingerprint density at radius 1 is 1.19 bits per heavy atom. The quantitative estimate of drug-likeness (QED) is 0.783. The van der Waals surface area contributed by atoms with Crippen LogP contribution in [-0.4, -0.2) is 31.3 Å². The number of carbonyl (C=O) groups is 2. The van der Waals surface area contributed by atoms with E-state index in [1.165, 1.54) is 41.4 Å². The molecule has 27 heavy (non-hydrogen) atoms. The summed E-state index contributed by atoms with van der Waals surface area (Å²) in [4.78, 5) is 24.0. The maximum atomic E-state index is 12.6. The van der Waals surface area contributed by atoms with Gasteiger partial charge in [-0.2, -0.15) is 0 Å². The van der Waals surface area contributed by atoms with E-state index < -0.39 is 15.9 Å². The fourth-order valence-electron chi connectivity index (χ4n) is 2.61. The van der Waals surface area contributed by atoms with E-state index in [0.717, 1.165) is 0 Å². The molecule has 1 fully saturated rings. The summed E-state index contributed by atoms with van der Waals surface area (Å²) in [6.45, 7) is 1.74. The highest BCUT2D eigenvalue weighted by Gasteiger charge is 2.31.